The number of carbonyl (C=O) groups excluding carboxylic acids is 2. The molecule has 0 aliphatic heterocycles. The molecule has 1 aromatic carbocycles. The van der Waals surface area contributed by atoms with E-state index in [1.807, 2.05) is 0 Å². The molecule has 0 aromatic heterocycles. The molecule has 4 N–H and O–H groups in total. The summed E-state index contributed by atoms with van der Waals surface area (Å²) in [6.07, 6.45) is -3.15. The molecule has 122 valence electrons. The number of alkyl carbamates (subject to hydrolysis) is 1. The van der Waals surface area contributed by atoms with Gasteiger partial charge in [0.05, 0.1) is 5.56 Å². The highest BCUT2D eigenvalue weighted by molar-refractivity contribution is 5.81. The standard InChI is InChI=1S/C15H21NO6/c1-15(2,3)22-14(21)16-7-12(19)13(20)9-5-4-6-11(18)10(9)8-17/h4-6,8,12-13,18-20H,7H2,1-3H3,(H,16,21). The highest BCUT2D eigenvalue weighted by Gasteiger charge is 2.24. The molecule has 0 saturated heterocycles. The summed E-state index contributed by atoms with van der Waals surface area (Å²) in [4.78, 5) is 22.4. The van der Waals surface area contributed by atoms with Gasteiger partial charge in [0.1, 0.15) is 23.6 Å². The van der Waals surface area contributed by atoms with E-state index in [0.717, 1.165) is 0 Å². The second-order valence-electron chi connectivity index (χ2n) is 5.79. The molecule has 0 fully saturated rings. The molecule has 1 rings (SSSR count). The van der Waals surface area contributed by atoms with E-state index < -0.39 is 23.9 Å². The number of nitrogens with one attached hydrogen (secondary N) is 1. The highest BCUT2D eigenvalue weighted by Crippen LogP contribution is 2.26. The summed E-state index contributed by atoms with van der Waals surface area (Å²) in [7, 11) is 0. The van der Waals surface area contributed by atoms with E-state index in [-0.39, 0.29) is 23.4 Å². The van der Waals surface area contributed by atoms with Gasteiger partial charge in [0, 0.05) is 6.54 Å². The van der Waals surface area contributed by atoms with Crippen molar-refractivity contribution < 1.29 is 29.6 Å². The Hall–Kier alpha value is -2.12. The van der Waals surface area contributed by atoms with Gasteiger partial charge in [0.2, 0.25) is 0 Å². The molecule has 2 unspecified atom stereocenters. The fraction of sp³-hybridized carbons (Fsp3) is 0.467. The molecule has 0 spiro atoms. The van der Waals surface area contributed by atoms with E-state index in [1.54, 1.807) is 20.8 Å². The molecule has 7 heteroatoms. The molecule has 7 nitrogen and oxygen atoms in total. The molecule has 22 heavy (non-hydrogen) atoms. The van der Waals surface area contributed by atoms with Crippen LogP contribution < -0.4 is 5.32 Å². The lowest BCUT2D eigenvalue weighted by molar-refractivity contribution is 0.0125. The SMILES string of the molecule is CC(C)(C)OC(=O)NCC(O)C(O)c1cccc(O)c1C=O. The van der Waals surface area contributed by atoms with Gasteiger partial charge in [-0.2, -0.15) is 0 Å². The van der Waals surface area contributed by atoms with E-state index in [2.05, 4.69) is 5.32 Å². The van der Waals surface area contributed by atoms with Crippen molar-refractivity contribution in [2.24, 2.45) is 0 Å². The van der Waals surface area contributed by atoms with Crippen molar-refractivity contribution in [1.82, 2.24) is 5.32 Å². The number of phenols is 1. The number of carbonyl (C=O) groups is 2. The zero-order valence-electron chi connectivity index (χ0n) is 12.7. The number of aliphatic hydroxyl groups is 2. The largest absolute Gasteiger partial charge is 0.507 e. The quantitative estimate of drug-likeness (QED) is 0.606. The summed E-state index contributed by atoms with van der Waals surface area (Å²) in [6, 6.07) is 4.14. The minimum atomic E-state index is -1.44. The summed E-state index contributed by atoms with van der Waals surface area (Å²) in [6.45, 7) is 4.81. The second kappa shape index (κ2) is 7.24. The lowest BCUT2D eigenvalue weighted by Gasteiger charge is -2.22. The number of aliphatic hydroxyl groups excluding tert-OH is 2. The van der Waals surface area contributed by atoms with Crippen molar-refractivity contribution in [1.29, 1.82) is 0 Å². The van der Waals surface area contributed by atoms with Gasteiger partial charge >= 0.3 is 6.09 Å². The van der Waals surface area contributed by atoms with Crippen molar-refractivity contribution in [2.45, 2.75) is 38.6 Å². The number of ether oxygens (including phenoxy) is 1. The third-order valence-corrected chi connectivity index (χ3v) is 2.77. The number of aromatic hydroxyl groups is 1. The average molecular weight is 311 g/mol. The van der Waals surface area contributed by atoms with Crippen LogP contribution in [0.4, 0.5) is 4.79 Å². The van der Waals surface area contributed by atoms with Crippen LogP contribution in [0.1, 0.15) is 42.8 Å². The number of rotatable bonds is 5. The molecule has 1 amide bonds. The van der Waals surface area contributed by atoms with Gasteiger partial charge in [-0.25, -0.2) is 4.79 Å². The fourth-order valence-corrected chi connectivity index (χ4v) is 1.78. The molecule has 0 saturated carbocycles. The number of benzene rings is 1. The van der Waals surface area contributed by atoms with Crippen LogP contribution in [0.5, 0.6) is 5.75 Å². The summed E-state index contributed by atoms with van der Waals surface area (Å²) in [5, 5.41) is 31.8. The van der Waals surface area contributed by atoms with Crippen LogP contribution in [0, 0.1) is 0 Å². The average Bonchev–Trinajstić information content (AvgIpc) is 2.41. The summed E-state index contributed by atoms with van der Waals surface area (Å²) < 4.78 is 5.00. The minimum absolute atomic E-state index is 0.0773. The van der Waals surface area contributed by atoms with Crippen molar-refractivity contribution in [3.05, 3.63) is 29.3 Å². The van der Waals surface area contributed by atoms with Crippen LogP contribution in [0.25, 0.3) is 0 Å². The van der Waals surface area contributed by atoms with Gasteiger partial charge in [0.15, 0.2) is 6.29 Å². The first kappa shape index (κ1) is 17.9. The normalized spacial score (nSPS) is 14.0. The lowest BCUT2D eigenvalue weighted by Crippen LogP contribution is -2.39. The van der Waals surface area contributed by atoms with E-state index >= 15 is 0 Å². The number of hydrogen-bond donors (Lipinski definition) is 4. The maximum Gasteiger partial charge on any atom is 0.407 e. The van der Waals surface area contributed by atoms with Crippen LogP contribution in [0.3, 0.4) is 0 Å². The predicted molar refractivity (Wildman–Crippen MR) is 78.7 cm³/mol. The first-order valence-corrected chi connectivity index (χ1v) is 6.75. The molecular formula is C15H21NO6. The smallest absolute Gasteiger partial charge is 0.407 e. The van der Waals surface area contributed by atoms with Crippen molar-refractivity contribution >= 4 is 12.4 Å². The van der Waals surface area contributed by atoms with Gasteiger partial charge < -0.3 is 25.4 Å². The monoisotopic (exact) mass is 311 g/mol. The molecule has 0 heterocycles. The molecule has 0 radical (unpaired) electrons. The van der Waals surface area contributed by atoms with Gasteiger partial charge in [0.25, 0.3) is 0 Å². The highest BCUT2D eigenvalue weighted by atomic mass is 16.6. The summed E-state index contributed by atoms with van der Waals surface area (Å²) in [5.41, 5.74) is -0.705. The zero-order chi connectivity index (χ0) is 16.9. The Morgan fingerprint density at radius 1 is 1.36 bits per heavy atom. The molecular weight excluding hydrogens is 290 g/mol. The van der Waals surface area contributed by atoms with Gasteiger partial charge in [-0.15, -0.1) is 0 Å². The Kier molecular flexibility index (Phi) is 5.90. The maximum absolute atomic E-state index is 11.5. The van der Waals surface area contributed by atoms with Crippen LogP contribution in [-0.4, -0.2) is 45.9 Å². The Morgan fingerprint density at radius 2 is 2.00 bits per heavy atom. The second-order valence-corrected chi connectivity index (χ2v) is 5.79. The number of phenolic OH excluding ortho intramolecular Hbond substituents is 1. The Morgan fingerprint density at radius 3 is 2.55 bits per heavy atom. The van der Waals surface area contributed by atoms with Crippen molar-refractivity contribution in [3.8, 4) is 5.75 Å². The predicted octanol–water partition coefficient (Wildman–Crippen LogP) is 1.12. The first-order chi connectivity index (χ1) is 10.2. The Balaban J connectivity index is 2.70. The fourth-order valence-electron chi connectivity index (χ4n) is 1.78. The molecule has 1 aromatic rings. The van der Waals surface area contributed by atoms with E-state index in [0.29, 0.717) is 6.29 Å². The Bertz CT molecular complexity index is 537. The van der Waals surface area contributed by atoms with Crippen LogP contribution in [0.15, 0.2) is 18.2 Å². The van der Waals surface area contributed by atoms with E-state index in [9.17, 15) is 24.9 Å². The summed E-state index contributed by atoms with van der Waals surface area (Å²) in [5.74, 6) is -0.293. The molecule has 2 atom stereocenters. The molecule has 0 aliphatic carbocycles. The number of hydrogen-bond acceptors (Lipinski definition) is 6. The Labute approximate surface area is 128 Å². The first-order valence-electron chi connectivity index (χ1n) is 6.75. The third-order valence-electron chi connectivity index (χ3n) is 2.77. The van der Waals surface area contributed by atoms with Crippen molar-refractivity contribution in [2.75, 3.05) is 6.54 Å². The molecule has 0 bridgehead atoms. The van der Waals surface area contributed by atoms with E-state index in [1.165, 1.54) is 18.2 Å². The lowest BCUT2D eigenvalue weighted by atomic mass is 9.98. The maximum atomic E-state index is 11.5. The number of amides is 1. The van der Waals surface area contributed by atoms with Crippen LogP contribution >= 0.6 is 0 Å². The van der Waals surface area contributed by atoms with Crippen LogP contribution in [0.2, 0.25) is 0 Å². The van der Waals surface area contributed by atoms with E-state index in [4.69, 9.17) is 4.74 Å². The van der Waals surface area contributed by atoms with Gasteiger partial charge in [-0.05, 0) is 32.4 Å². The third kappa shape index (κ3) is 5.01. The summed E-state index contributed by atoms with van der Waals surface area (Å²) >= 11 is 0. The molecule has 0 aliphatic rings. The van der Waals surface area contributed by atoms with Crippen LogP contribution in [-0.2, 0) is 4.74 Å². The zero-order valence-corrected chi connectivity index (χ0v) is 12.7. The number of aldehydes is 1. The van der Waals surface area contributed by atoms with Gasteiger partial charge in [-0.3, -0.25) is 4.79 Å². The van der Waals surface area contributed by atoms with Crippen molar-refractivity contribution in [3.63, 3.8) is 0 Å². The minimum Gasteiger partial charge on any atom is -0.507 e. The van der Waals surface area contributed by atoms with Gasteiger partial charge in [-0.1, -0.05) is 12.1 Å². The topological polar surface area (TPSA) is 116 Å².